The zero-order valence-electron chi connectivity index (χ0n) is 15.8. The molecule has 2 amide bonds. The Morgan fingerprint density at radius 1 is 1.25 bits per heavy atom. The Balaban J connectivity index is 2.15. The fourth-order valence-corrected chi connectivity index (χ4v) is 2.23. The maximum Gasteiger partial charge on any atom is 0.405 e. The lowest BCUT2D eigenvalue weighted by atomic mass is 10.0. The zero-order chi connectivity index (χ0) is 21.1. The van der Waals surface area contributed by atoms with Gasteiger partial charge in [0.2, 0.25) is 5.91 Å². The second kappa shape index (κ2) is 7.87. The van der Waals surface area contributed by atoms with Gasteiger partial charge in [-0.1, -0.05) is 0 Å². The lowest BCUT2D eigenvalue weighted by molar-refractivity contribution is -0.140. The Kier molecular flexibility index (Phi) is 5.95. The molecule has 2 aromatic heterocycles. The zero-order valence-corrected chi connectivity index (χ0v) is 15.8. The molecule has 0 atom stereocenters. The molecule has 0 unspecified atom stereocenters. The van der Waals surface area contributed by atoms with Crippen LogP contribution in [0.1, 0.15) is 24.3 Å². The van der Waals surface area contributed by atoms with Gasteiger partial charge in [-0.3, -0.25) is 9.59 Å². The molecule has 0 radical (unpaired) electrons. The van der Waals surface area contributed by atoms with Gasteiger partial charge in [0.15, 0.2) is 5.82 Å². The molecule has 0 saturated heterocycles. The van der Waals surface area contributed by atoms with Crippen molar-refractivity contribution in [3.8, 4) is 11.4 Å². The van der Waals surface area contributed by atoms with Crippen molar-refractivity contribution < 1.29 is 22.8 Å². The van der Waals surface area contributed by atoms with Crippen LogP contribution in [0.4, 0.5) is 19.0 Å². The number of anilines is 1. The van der Waals surface area contributed by atoms with Crippen LogP contribution in [-0.4, -0.2) is 64.0 Å². The minimum atomic E-state index is -4.50. The van der Waals surface area contributed by atoms with Gasteiger partial charge < -0.3 is 20.5 Å². The van der Waals surface area contributed by atoms with Crippen LogP contribution in [0.25, 0.3) is 11.4 Å². The third kappa shape index (κ3) is 5.44. The van der Waals surface area contributed by atoms with Crippen molar-refractivity contribution in [1.82, 2.24) is 25.2 Å². The first-order valence-electron chi connectivity index (χ1n) is 8.26. The number of nitrogens with zero attached hydrogens (tertiary/aromatic N) is 3. The third-order valence-corrected chi connectivity index (χ3v) is 3.69. The van der Waals surface area contributed by atoms with Gasteiger partial charge in [0.05, 0.1) is 0 Å². The van der Waals surface area contributed by atoms with Gasteiger partial charge in [0.1, 0.15) is 23.6 Å². The van der Waals surface area contributed by atoms with Gasteiger partial charge in [-0.25, -0.2) is 9.97 Å². The van der Waals surface area contributed by atoms with E-state index in [1.54, 1.807) is 26.4 Å². The molecule has 2 rings (SSSR count). The number of hydrogen-bond acceptors (Lipinski definition) is 5. The van der Waals surface area contributed by atoms with Gasteiger partial charge >= 0.3 is 6.18 Å². The molecule has 11 heteroatoms. The molecule has 0 aliphatic carbocycles. The number of carbonyl (C=O) groups is 2. The van der Waals surface area contributed by atoms with E-state index in [-0.39, 0.29) is 17.5 Å². The number of aromatic nitrogens is 3. The highest BCUT2D eigenvalue weighted by atomic mass is 19.4. The number of aromatic amines is 1. The molecule has 8 nitrogen and oxygen atoms in total. The van der Waals surface area contributed by atoms with E-state index in [4.69, 9.17) is 0 Å². The molecule has 28 heavy (non-hydrogen) atoms. The molecule has 2 aromatic rings. The lowest BCUT2D eigenvalue weighted by Gasteiger charge is -2.26. The van der Waals surface area contributed by atoms with E-state index in [0.29, 0.717) is 11.3 Å². The molecule has 0 bridgehead atoms. The maximum atomic E-state index is 12.3. The quantitative estimate of drug-likeness (QED) is 0.691. The average molecular weight is 398 g/mol. The second-order valence-corrected chi connectivity index (χ2v) is 6.81. The molecular formula is C17H21F3N6O2. The topological polar surface area (TPSA) is 103 Å². The van der Waals surface area contributed by atoms with Crippen LogP contribution in [0, 0.1) is 0 Å². The van der Waals surface area contributed by atoms with Crippen LogP contribution in [0.2, 0.25) is 0 Å². The summed E-state index contributed by atoms with van der Waals surface area (Å²) in [7, 11) is 3.24. The van der Waals surface area contributed by atoms with E-state index in [0.717, 1.165) is 0 Å². The van der Waals surface area contributed by atoms with Gasteiger partial charge in [-0.15, -0.1) is 0 Å². The number of halogens is 3. The summed E-state index contributed by atoms with van der Waals surface area (Å²) < 4.78 is 36.9. The summed E-state index contributed by atoms with van der Waals surface area (Å²) in [6, 6.07) is 3.07. The first-order chi connectivity index (χ1) is 12.9. The lowest BCUT2D eigenvalue weighted by Crippen LogP contribution is -2.50. The number of H-pyrrole nitrogens is 1. The van der Waals surface area contributed by atoms with Crippen LogP contribution in [0.5, 0.6) is 0 Å². The molecule has 0 aliphatic rings. The Morgan fingerprint density at radius 3 is 2.54 bits per heavy atom. The van der Waals surface area contributed by atoms with Crippen molar-refractivity contribution in [2.45, 2.75) is 25.6 Å². The summed E-state index contributed by atoms with van der Waals surface area (Å²) in [6.07, 6.45) is -1.49. The van der Waals surface area contributed by atoms with Gasteiger partial charge in [0.25, 0.3) is 5.91 Å². The predicted octanol–water partition coefficient (Wildman–Crippen LogP) is 2.04. The van der Waals surface area contributed by atoms with Gasteiger partial charge in [-0.05, 0) is 26.0 Å². The number of alkyl halides is 3. The molecule has 0 saturated carbocycles. The number of nitrogens with one attached hydrogen (secondary N) is 3. The van der Waals surface area contributed by atoms with Crippen LogP contribution in [0.15, 0.2) is 24.5 Å². The van der Waals surface area contributed by atoms with Crippen LogP contribution in [0.3, 0.4) is 0 Å². The smallest absolute Gasteiger partial charge is 0.356 e. The minimum Gasteiger partial charge on any atom is -0.356 e. The van der Waals surface area contributed by atoms with Gasteiger partial charge in [0, 0.05) is 32.1 Å². The van der Waals surface area contributed by atoms with Crippen LogP contribution < -0.4 is 10.6 Å². The van der Waals surface area contributed by atoms with E-state index in [9.17, 15) is 22.8 Å². The second-order valence-electron chi connectivity index (χ2n) is 6.81. The highest BCUT2D eigenvalue weighted by Crippen LogP contribution is 2.20. The number of rotatable bonds is 6. The van der Waals surface area contributed by atoms with Crippen LogP contribution in [-0.2, 0) is 4.79 Å². The van der Waals surface area contributed by atoms with E-state index in [2.05, 4.69) is 20.3 Å². The predicted molar refractivity (Wildman–Crippen MR) is 96.6 cm³/mol. The third-order valence-electron chi connectivity index (χ3n) is 3.69. The summed E-state index contributed by atoms with van der Waals surface area (Å²) in [5.74, 6) is -0.516. The highest BCUT2D eigenvalue weighted by molar-refractivity contribution is 5.93. The highest BCUT2D eigenvalue weighted by Gasteiger charge is 2.33. The summed E-state index contributed by atoms with van der Waals surface area (Å²) >= 11 is 0. The summed E-state index contributed by atoms with van der Waals surface area (Å²) in [5, 5.41) is 4.64. The number of carbonyl (C=O) groups excluding carboxylic acids is 2. The van der Waals surface area contributed by atoms with E-state index in [1.807, 2.05) is 5.32 Å². The largest absolute Gasteiger partial charge is 0.405 e. The van der Waals surface area contributed by atoms with Crippen molar-refractivity contribution in [2.75, 3.05) is 26.0 Å². The van der Waals surface area contributed by atoms with Crippen molar-refractivity contribution in [3.05, 3.63) is 30.2 Å². The van der Waals surface area contributed by atoms with E-state index < -0.39 is 24.2 Å². The molecule has 152 valence electrons. The normalized spacial score (nSPS) is 11.8. The molecule has 3 N–H and O–H groups in total. The fraction of sp³-hybridized carbons (Fsp3) is 0.412. The molecule has 2 heterocycles. The standard InChI is InChI=1S/C17H21F3N6O2/c1-16(2,15(28)23-9-17(18,19)20)25-12-5-6-21-13(24-12)10-7-11(22-8-10)14(27)26(3)4/h5-8,22H,9H2,1-4H3,(H,23,28)(H,21,24,25). The van der Waals surface area contributed by atoms with Crippen molar-refractivity contribution >= 4 is 17.6 Å². The SMILES string of the molecule is CN(C)C(=O)c1cc(-c2nccc(NC(C)(C)C(=O)NCC(F)(F)F)n2)c[nH]1. The summed E-state index contributed by atoms with van der Waals surface area (Å²) in [6.45, 7) is 1.45. The monoisotopic (exact) mass is 398 g/mol. The molecule has 0 fully saturated rings. The van der Waals surface area contributed by atoms with Crippen LogP contribution >= 0.6 is 0 Å². The van der Waals surface area contributed by atoms with Crippen molar-refractivity contribution in [3.63, 3.8) is 0 Å². The molecular weight excluding hydrogens is 377 g/mol. The average Bonchev–Trinajstić information content (AvgIpc) is 3.08. The van der Waals surface area contributed by atoms with Gasteiger partial charge in [-0.2, -0.15) is 13.2 Å². The fourth-order valence-electron chi connectivity index (χ4n) is 2.23. The number of hydrogen-bond donors (Lipinski definition) is 3. The Morgan fingerprint density at radius 2 is 1.93 bits per heavy atom. The van der Waals surface area contributed by atoms with E-state index >= 15 is 0 Å². The summed E-state index contributed by atoms with van der Waals surface area (Å²) in [5.41, 5.74) is -0.442. The first kappa shape index (κ1) is 21.2. The Hall–Kier alpha value is -3.11. The number of amides is 2. The Bertz CT molecular complexity index is 861. The molecule has 0 spiro atoms. The van der Waals surface area contributed by atoms with Crippen molar-refractivity contribution in [1.29, 1.82) is 0 Å². The van der Waals surface area contributed by atoms with Crippen molar-refractivity contribution in [2.24, 2.45) is 0 Å². The first-order valence-corrected chi connectivity index (χ1v) is 8.26. The minimum absolute atomic E-state index is 0.219. The maximum absolute atomic E-state index is 12.3. The summed E-state index contributed by atoms with van der Waals surface area (Å²) in [4.78, 5) is 36.7. The Labute approximate surface area is 159 Å². The molecule has 0 aromatic carbocycles. The van der Waals surface area contributed by atoms with E-state index in [1.165, 1.54) is 31.0 Å². The molecule has 0 aliphatic heterocycles.